The molecule has 1 aliphatic rings. The summed E-state index contributed by atoms with van der Waals surface area (Å²) in [5, 5.41) is 7.52. The molecule has 8 nitrogen and oxygen atoms in total. The molecule has 1 saturated heterocycles. The van der Waals surface area contributed by atoms with Crippen molar-refractivity contribution in [3.05, 3.63) is 51.6 Å². The minimum atomic E-state index is -0.681. The highest BCUT2D eigenvalue weighted by Crippen LogP contribution is 2.21. The van der Waals surface area contributed by atoms with Gasteiger partial charge in [-0.05, 0) is 44.0 Å². The molecule has 3 aromatic rings. The minimum Gasteiger partial charge on any atom is -0.464 e. The van der Waals surface area contributed by atoms with Crippen molar-refractivity contribution in [3.8, 4) is 0 Å². The van der Waals surface area contributed by atoms with E-state index in [0.717, 1.165) is 16.8 Å². The van der Waals surface area contributed by atoms with Crippen LogP contribution in [-0.4, -0.2) is 31.7 Å². The summed E-state index contributed by atoms with van der Waals surface area (Å²) in [5.41, 5.74) is 3.51. The van der Waals surface area contributed by atoms with Gasteiger partial charge in [-0.3, -0.25) is 0 Å². The van der Waals surface area contributed by atoms with Crippen LogP contribution in [0.25, 0.3) is 5.78 Å². The Bertz CT molecular complexity index is 1060. The standard InChI is InChI=1S/C18H19N5O3/c1-10-6-11(2)8-13(7-10)19-15-9-12(3)22-17(20-15)21-23(18(22)25)14-4-5-26-16(14)24/h6-9,14H,4-5H2,1-3H3,(H,19,20,21). The molecule has 1 fully saturated rings. The molecule has 134 valence electrons. The number of fused-ring (bicyclic) bond motifs is 1. The Morgan fingerprint density at radius 3 is 2.50 bits per heavy atom. The van der Waals surface area contributed by atoms with E-state index in [4.69, 9.17) is 4.74 Å². The Labute approximate surface area is 149 Å². The van der Waals surface area contributed by atoms with Gasteiger partial charge >= 0.3 is 11.7 Å². The van der Waals surface area contributed by atoms with Crippen molar-refractivity contribution in [2.75, 3.05) is 11.9 Å². The van der Waals surface area contributed by atoms with Crippen LogP contribution in [-0.2, 0) is 9.53 Å². The van der Waals surface area contributed by atoms with E-state index in [9.17, 15) is 9.59 Å². The zero-order valence-electron chi connectivity index (χ0n) is 14.8. The van der Waals surface area contributed by atoms with Crippen LogP contribution in [0.15, 0.2) is 29.1 Å². The number of aromatic nitrogens is 4. The van der Waals surface area contributed by atoms with E-state index in [2.05, 4.69) is 21.5 Å². The fourth-order valence-corrected chi connectivity index (χ4v) is 3.32. The molecule has 1 atom stereocenters. The summed E-state index contributed by atoms with van der Waals surface area (Å²) in [6.45, 7) is 6.17. The van der Waals surface area contributed by atoms with E-state index in [-0.39, 0.29) is 11.5 Å². The maximum absolute atomic E-state index is 12.6. The molecule has 2 aromatic heterocycles. The highest BCUT2D eigenvalue weighted by atomic mass is 16.5. The lowest BCUT2D eigenvalue weighted by atomic mass is 10.1. The van der Waals surface area contributed by atoms with Gasteiger partial charge in [-0.1, -0.05) is 6.07 Å². The number of hydrogen-bond acceptors (Lipinski definition) is 6. The molecule has 1 unspecified atom stereocenters. The van der Waals surface area contributed by atoms with Crippen LogP contribution >= 0.6 is 0 Å². The SMILES string of the molecule is Cc1cc(C)cc(Nc2cc(C)n3c(=O)n(C4CCOC4=O)nc3n2)c1. The van der Waals surface area contributed by atoms with E-state index in [1.165, 1.54) is 9.08 Å². The first-order valence-corrected chi connectivity index (χ1v) is 8.43. The maximum atomic E-state index is 12.6. The topological polar surface area (TPSA) is 90.5 Å². The molecular formula is C18H19N5O3. The predicted octanol–water partition coefficient (Wildman–Crippen LogP) is 2.05. The van der Waals surface area contributed by atoms with Gasteiger partial charge in [0.15, 0.2) is 6.04 Å². The first-order valence-electron chi connectivity index (χ1n) is 8.43. The molecule has 4 rings (SSSR count). The second kappa shape index (κ2) is 5.98. The van der Waals surface area contributed by atoms with Gasteiger partial charge in [-0.25, -0.2) is 14.0 Å². The van der Waals surface area contributed by atoms with Gasteiger partial charge < -0.3 is 10.1 Å². The average molecular weight is 353 g/mol. The van der Waals surface area contributed by atoms with Gasteiger partial charge in [0, 0.05) is 23.9 Å². The first kappa shape index (κ1) is 16.3. The van der Waals surface area contributed by atoms with E-state index in [1.54, 1.807) is 6.07 Å². The average Bonchev–Trinajstić information content (AvgIpc) is 3.09. The largest absolute Gasteiger partial charge is 0.464 e. The van der Waals surface area contributed by atoms with Gasteiger partial charge in [-0.2, -0.15) is 9.67 Å². The van der Waals surface area contributed by atoms with Crippen molar-refractivity contribution < 1.29 is 9.53 Å². The van der Waals surface area contributed by atoms with E-state index < -0.39 is 12.0 Å². The number of nitrogens with zero attached hydrogens (tertiary/aromatic N) is 4. The summed E-state index contributed by atoms with van der Waals surface area (Å²) in [4.78, 5) is 28.9. The number of carbonyl (C=O) groups excluding carboxylic acids is 1. The zero-order valence-corrected chi connectivity index (χ0v) is 14.8. The Balaban J connectivity index is 1.76. The molecule has 0 amide bonds. The van der Waals surface area contributed by atoms with Crippen LogP contribution in [0.5, 0.6) is 0 Å². The molecule has 26 heavy (non-hydrogen) atoms. The Morgan fingerprint density at radius 1 is 1.12 bits per heavy atom. The Morgan fingerprint density at radius 2 is 1.85 bits per heavy atom. The number of nitrogens with one attached hydrogen (secondary N) is 1. The quantitative estimate of drug-likeness (QED) is 0.725. The summed E-state index contributed by atoms with van der Waals surface area (Å²) in [7, 11) is 0. The zero-order chi connectivity index (χ0) is 18.4. The summed E-state index contributed by atoms with van der Waals surface area (Å²) in [6, 6.07) is 7.24. The van der Waals surface area contributed by atoms with Crippen LogP contribution in [0.4, 0.5) is 11.5 Å². The molecule has 1 aromatic carbocycles. The molecule has 8 heteroatoms. The van der Waals surface area contributed by atoms with Crippen molar-refractivity contribution in [1.82, 2.24) is 19.2 Å². The molecule has 0 spiro atoms. The van der Waals surface area contributed by atoms with Crippen molar-refractivity contribution >= 4 is 23.3 Å². The fraction of sp³-hybridized carbons (Fsp3) is 0.333. The van der Waals surface area contributed by atoms with Gasteiger partial charge in [0.2, 0.25) is 0 Å². The van der Waals surface area contributed by atoms with Crippen molar-refractivity contribution in [1.29, 1.82) is 0 Å². The molecule has 1 N–H and O–H groups in total. The molecule has 0 bridgehead atoms. The lowest BCUT2D eigenvalue weighted by Crippen LogP contribution is -2.28. The maximum Gasteiger partial charge on any atom is 0.352 e. The number of hydrogen-bond donors (Lipinski definition) is 1. The number of esters is 1. The van der Waals surface area contributed by atoms with Crippen LogP contribution < -0.4 is 11.0 Å². The van der Waals surface area contributed by atoms with Crippen molar-refractivity contribution in [2.45, 2.75) is 33.2 Å². The number of carbonyl (C=O) groups is 1. The highest BCUT2D eigenvalue weighted by molar-refractivity contribution is 5.75. The fourth-order valence-electron chi connectivity index (χ4n) is 3.32. The number of aryl methyl sites for hydroxylation is 3. The smallest absolute Gasteiger partial charge is 0.352 e. The van der Waals surface area contributed by atoms with Crippen LogP contribution in [0, 0.1) is 20.8 Å². The van der Waals surface area contributed by atoms with Gasteiger partial charge in [0.05, 0.1) is 6.61 Å². The second-order valence-corrected chi connectivity index (χ2v) is 6.62. The van der Waals surface area contributed by atoms with E-state index in [0.29, 0.717) is 24.5 Å². The molecule has 0 saturated carbocycles. The highest BCUT2D eigenvalue weighted by Gasteiger charge is 2.31. The summed E-state index contributed by atoms with van der Waals surface area (Å²) in [5.74, 6) is 0.412. The summed E-state index contributed by atoms with van der Waals surface area (Å²) in [6.07, 6.45) is 0.440. The lowest BCUT2D eigenvalue weighted by molar-refractivity contribution is -0.140. The van der Waals surface area contributed by atoms with Gasteiger partial charge in [0.25, 0.3) is 5.78 Å². The third-order valence-corrected chi connectivity index (χ3v) is 4.40. The number of ether oxygens (including phenoxy) is 1. The lowest BCUT2D eigenvalue weighted by Gasteiger charge is -2.09. The van der Waals surface area contributed by atoms with Crippen molar-refractivity contribution in [3.63, 3.8) is 0 Å². The molecule has 3 heterocycles. The number of anilines is 2. The molecule has 0 radical (unpaired) electrons. The summed E-state index contributed by atoms with van der Waals surface area (Å²) < 4.78 is 7.52. The van der Waals surface area contributed by atoms with E-state index >= 15 is 0 Å². The molecule has 0 aliphatic carbocycles. The predicted molar refractivity (Wildman–Crippen MR) is 95.8 cm³/mol. The van der Waals surface area contributed by atoms with Gasteiger partial charge in [0.1, 0.15) is 5.82 Å². The summed E-state index contributed by atoms with van der Waals surface area (Å²) >= 11 is 0. The number of rotatable bonds is 3. The van der Waals surface area contributed by atoms with Gasteiger partial charge in [-0.15, -0.1) is 5.10 Å². The number of cyclic esters (lactones) is 1. The third kappa shape index (κ3) is 2.73. The minimum absolute atomic E-state index is 0.251. The van der Waals surface area contributed by atoms with E-state index in [1.807, 2.05) is 32.9 Å². The third-order valence-electron chi connectivity index (χ3n) is 4.40. The Kier molecular flexibility index (Phi) is 3.75. The van der Waals surface area contributed by atoms with Crippen molar-refractivity contribution in [2.24, 2.45) is 0 Å². The number of benzene rings is 1. The monoisotopic (exact) mass is 353 g/mol. The van der Waals surface area contributed by atoms with Crippen LogP contribution in [0.3, 0.4) is 0 Å². The van der Waals surface area contributed by atoms with Crippen LogP contribution in [0.1, 0.15) is 29.3 Å². The van der Waals surface area contributed by atoms with Crippen LogP contribution in [0.2, 0.25) is 0 Å². The second-order valence-electron chi connectivity index (χ2n) is 6.62. The molecular weight excluding hydrogens is 334 g/mol. The first-order chi connectivity index (χ1) is 12.4. The molecule has 1 aliphatic heterocycles. The normalized spacial score (nSPS) is 16.9. The Hall–Kier alpha value is -3.16.